The normalized spacial score (nSPS) is 18.7. The molecule has 2 fully saturated rings. The van der Waals surface area contributed by atoms with Crippen LogP contribution < -0.4 is 11.1 Å². The molecule has 0 spiro atoms. The number of hydrogen-bond acceptors (Lipinski definition) is 3. The molecule has 2 aliphatic rings. The van der Waals surface area contributed by atoms with E-state index in [1.54, 1.807) is 0 Å². The Hall–Kier alpha value is -3.15. The molecular weight excluding hydrogens is 519 g/mol. The average molecular weight is 545 g/mol. The Morgan fingerprint density at radius 2 is 1.50 bits per heavy atom. The smallest absolute Gasteiger partial charge is 0.343 e. The zero-order chi connectivity index (χ0) is 27.9. The van der Waals surface area contributed by atoms with Crippen LogP contribution in [0.5, 0.6) is 0 Å². The number of rotatable bonds is 6. The summed E-state index contributed by atoms with van der Waals surface area (Å²) in [6.45, 7) is 0.663. The van der Waals surface area contributed by atoms with Crippen LogP contribution in [0, 0.1) is 5.82 Å². The quantitative estimate of drug-likeness (QED) is 0.523. The highest BCUT2D eigenvalue weighted by Gasteiger charge is 2.54. The Morgan fingerprint density at radius 3 is 2.00 bits per heavy atom. The molecule has 0 aromatic heterocycles. The molecule has 0 unspecified atom stereocenters. The molecular formula is C26H26F7N3O2. The summed E-state index contributed by atoms with van der Waals surface area (Å²) in [5, 5.41) is 2.62. The molecule has 0 radical (unpaired) electrons. The number of nitrogens with zero attached hydrogens (tertiary/aromatic N) is 1. The van der Waals surface area contributed by atoms with Crippen molar-refractivity contribution in [2.75, 3.05) is 13.1 Å². The summed E-state index contributed by atoms with van der Waals surface area (Å²) in [6.07, 6.45) is -8.02. The lowest BCUT2D eigenvalue weighted by atomic mass is 9.92. The maximum atomic E-state index is 14.7. The van der Waals surface area contributed by atoms with Gasteiger partial charge in [-0.05, 0) is 55.5 Å². The van der Waals surface area contributed by atoms with Crippen LogP contribution in [-0.2, 0) is 33.8 Å². The molecule has 2 amide bonds. The van der Waals surface area contributed by atoms with Crippen LogP contribution in [0.2, 0.25) is 0 Å². The lowest BCUT2D eigenvalue weighted by Crippen LogP contribution is -2.54. The summed E-state index contributed by atoms with van der Waals surface area (Å²) in [6, 6.07) is 4.88. The number of halogens is 7. The fourth-order valence-corrected chi connectivity index (χ4v) is 4.73. The van der Waals surface area contributed by atoms with E-state index in [0.717, 1.165) is 18.2 Å². The van der Waals surface area contributed by atoms with Crippen LogP contribution in [0.1, 0.15) is 47.9 Å². The largest absolute Gasteiger partial charge is 0.416 e. The topological polar surface area (TPSA) is 75.4 Å². The molecule has 12 heteroatoms. The van der Waals surface area contributed by atoms with E-state index >= 15 is 0 Å². The zero-order valence-corrected chi connectivity index (χ0v) is 20.1. The van der Waals surface area contributed by atoms with E-state index in [0.29, 0.717) is 43.6 Å². The number of amides is 2. The molecule has 206 valence electrons. The maximum absolute atomic E-state index is 14.7. The summed E-state index contributed by atoms with van der Waals surface area (Å²) in [5.41, 5.74) is 2.57. The highest BCUT2D eigenvalue weighted by molar-refractivity contribution is 5.95. The van der Waals surface area contributed by atoms with Crippen LogP contribution in [0.4, 0.5) is 30.7 Å². The Balaban J connectivity index is 1.57. The van der Waals surface area contributed by atoms with Crippen molar-refractivity contribution in [2.24, 2.45) is 5.73 Å². The third-order valence-corrected chi connectivity index (χ3v) is 7.17. The Bertz CT molecular complexity index is 1180. The fraction of sp³-hybridized carbons (Fsp3) is 0.462. The first-order valence-corrected chi connectivity index (χ1v) is 12.1. The molecule has 1 atom stereocenters. The molecule has 38 heavy (non-hydrogen) atoms. The molecule has 1 heterocycles. The van der Waals surface area contributed by atoms with Gasteiger partial charge in [0.05, 0.1) is 16.5 Å². The van der Waals surface area contributed by atoms with E-state index in [-0.39, 0.29) is 30.9 Å². The van der Waals surface area contributed by atoms with Gasteiger partial charge in [-0.1, -0.05) is 18.2 Å². The van der Waals surface area contributed by atoms with E-state index < -0.39 is 52.6 Å². The lowest BCUT2D eigenvalue weighted by Gasteiger charge is -2.33. The Labute approximate surface area is 214 Å². The zero-order valence-electron chi connectivity index (χ0n) is 20.1. The van der Waals surface area contributed by atoms with Gasteiger partial charge in [-0.2, -0.15) is 26.3 Å². The van der Waals surface area contributed by atoms with Crippen LogP contribution in [-0.4, -0.2) is 41.9 Å². The van der Waals surface area contributed by atoms with Crippen molar-refractivity contribution >= 4 is 11.8 Å². The Morgan fingerprint density at radius 1 is 0.947 bits per heavy atom. The Kier molecular flexibility index (Phi) is 7.48. The van der Waals surface area contributed by atoms with Crippen molar-refractivity contribution in [2.45, 2.75) is 62.0 Å². The van der Waals surface area contributed by atoms with Gasteiger partial charge < -0.3 is 16.0 Å². The number of carbonyl (C=O) groups is 2. The van der Waals surface area contributed by atoms with Gasteiger partial charge >= 0.3 is 12.4 Å². The molecule has 2 aromatic rings. The van der Waals surface area contributed by atoms with Crippen molar-refractivity contribution in [3.05, 3.63) is 70.5 Å². The molecule has 3 N–H and O–H groups in total. The van der Waals surface area contributed by atoms with Crippen LogP contribution in [0.15, 0.2) is 42.5 Å². The van der Waals surface area contributed by atoms with Gasteiger partial charge in [0.1, 0.15) is 11.9 Å². The number of likely N-dealkylation sites (tertiary alicyclic amines) is 1. The predicted molar refractivity (Wildman–Crippen MR) is 123 cm³/mol. The highest BCUT2D eigenvalue weighted by atomic mass is 19.4. The van der Waals surface area contributed by atoms with Crippen LogP contribution >= 0.6 is 0 Å². The first kappa shape index (κ1) is 27.9. The van der Waals surface area contributed by atoms with Crippen molar-refractivity contribution in [1.82, 2.24) is 10.2 Å². The summed E-state index contributed by atoms with van der Waals surface area (Å²) in [4.78, 5) is 28.2. The predicted octanol–water partition coefficient (Wildman–Crippen LogP) is 4.57. The van der Waals surface area contributed by atoms with Crippen LogP contribution in [0.3, 0.4) is 0 Å². The molecule has 1 saturated carbocycles. The fourth-order valence-electron chi connectivity index (χ4n) is 4.73. The summed E-state index contributed by atoms with van der Waals surface area (Å²) < 4.78 is 92.5. The molecule has 1 saturated heterocycles. The van der Waals surface area contributed by atoms with E-state index in [1.165, 1.54) is 17.0 Å². The summed E-state index contributed by atoms with van der Waals surface area (Å²) in [7, 11) is 0. The minimum atomic E-state index is -4.76. The highest BCUT2D eigenvalue weighted by Crippen LogP contribution is 2.50. The third kappa shape index (κ3) is 5.95. The van der Waals surface area contributed by atoms with E-state index in [2.05, 4.69) is 5.32 Å². The minimum absolute atomic E-state index is 0.0839. The summed E-state index contributed by atoms with van der Waals surface area (Å²) in [5.74, 6) is -2.37. The number of hydrogen-bond donors (Lipinski definition) is 2. The molecule has 5 nitrogen and oxygen atoms in total. The molecule has 2 aromatic carbocycles. The number of alkyl halides is 6. The second-order valence-electron chi connectivity index (χ2n) is 9.86. The third-order valence-electron chi connectivity index (χ3n) is 7.17. The van der Waals surface area contributed by atoms with Gasteiger partial charge in [-0.3, -0.25) is 9.59 Å². The van der Waals surface area contributed by atoms with E-state index in [4.69, 9.17) is 5.73 Å². The molecule has 1 aliphatic heterocycles. The number of benzene rings is 2. The van der Waals surface area contributed by atoms with Crippen molar-refractivity contribution in [1.29, 1.82) is 0 Å². The van der Waals surface area contributed by atoms with Crippen molar-refractivity contribution in [3.63, 3.8) is 0 Å². The number of carbonyl (C=O) groups excluding carboxylic acids is 2. The van der Waals surface area contributed by atoms with E-state index in [1.807, 2.05) is 0 Å². The first-order valence-electron chi connectivity index (χ1n) is 12.1. The summed E-state index contributed by atoms with van der Waals surface area (Å²) >= 11 is 0. The number of piperidine rings is 1. The van der Waals surface area contributed by atoms with Crippen LogP contribution in [0.25, 0.3) is 0 Å². The van der Waals surface area contributed by atoms with Gasteiger partial charge in [0.2, 0.25) is 11.8 Å². The molecule has 0 bridgehead atoms. The van der Waals surface area contributed by atoms with Gasteiger partial charge in [0.15, 0.2) is 0 Å². The van der Waals surface area contributed by atoms with Gasteiger partial charge in [0, 0.05) is 31.1 Å². The van der Waals surface area contributed by atoms with Crippen molar-refractivity contribution in [3.8, 4) is 0 Å². The maximum Gasteiger partial charge on any atom is 0.416 e. The van der Waals surface area contributed by atoms with Crippen molar-refractivity contribution < 1.29 is 40.3 Å². The molecule has 1 aliphatic carbocycles. The van der Waals surface area contributed by atoms with Gasteiger partial charge in [0.25, 0.3) is 0 Å². The second-order valence-corrected chi connectivity index (χ2v) is 9.86. The SMILES string of the molecule is NC1CCN(C(=O)[C@H](Cc2ccc(C(F)(F)F)cc2)NC(=O)C2(c3ccc(C(F)(F)F)cc3F)CC2)CC1. The minimum Gasteiger partial charge on any atom is -0.343 e. The molecule has 4 rings (SSSR count). The first-order chi connectivity index (χ1) is 17.7. The standard InChI is InChI=1S/C26H26F7N3O2/c27-20-14-17(26(31,32)33)5-6-19(20)24(9-10-24)23(38)35-21(22(37)36-11-7-18(34)8-12-36)13-15-1-3-16(4-2-15)25(28,29)30/h1-6,14,18,21H,7-13,34H2,(H,35,38)/t21-/m0/s1. The monoisotopic (exact) mass is 545 g/mol. The van der Waals surface area contributed by atoms with E-state index in [9.17, 15) is 40.3 Å². The number of nitrogens with two attached hydrogens (primary N) is 1. The average Bonchev–Trinajstić information content (AvgIpc) is 3.65. The van der Waals surface area contributed by atoms with Gasteiger partial charge in [-0.15, -0.1) is 0 Å². The number of nitrogens with one attached hydrogen (secondary N) is 1. The lowest BCUT2D eigenvalue weighted by molar-refractivity contribution is -0.138. The van der Waals surface area contributed by atoms with Gasteiger partial charge in [-0.25, -0.2) is 4.39 Å². The second kappa shape index (κ2) is 10.2.